The topological polar surface area (TPSA) is 58.9 Å². The van der Waals surface area contributed by atoms with Crippen LogP contribution in [0.4, 0.5) is 0 Å². The van der Waals surface area contributed by atoms with E-state index in [0.29, 0.717) is 5.46 Å². The van der Waals surface area contributed by atoms with E-state index in [9.17, 15) is 0 Å². The van der Waals surface area contributed by atoms with Gasteiger partial charge in [-0.2, -0.15) is 0 Å². The second-order valence-electron chi connectivity index (χ2n) is 3.01. The first kappa shape index (κ1) is 12.2. The van der Waals surface area contributed by atoms with Crippen molar-refractivity contribution in [2.75, 3.05) is 26.4 Å². The van der Waals surface area contributed by atoms with Crippen LogP contribution in [0.5, 0.6) is 0 Å². The van der Waals surface area contributed by atoms with Crippen molar-refractivity contribution in [3.05, 3.63) is 30.3 Å². The van der Waals surface area contributed by atoms with Crippen molar-refractivity contribution >= 4 is 12.6 Å². The van der Waals surface area contributed by atoms with Gasteiger partial charge < -0.3 is 19.5 Å². The highest BCUT2D eigenvalue weighted by Gasteiger charge is 2.07. The highest BCUT2D eigenvalue weighted by molar-refractivity contribution is 6.58. The van der Waals surface area contributed by atoms with Crippen LogP contribution >= 0.6 is 0 Å². The summed E-state index contributed by atoms with van der Waals surface area (Å²) in [5.74, 6) is 0. The van der Waals surface area contributed by atoms with Crippen LogP contribution in [0.15, 0.2) is 30.3 Å². The van der Waals surface area contributed by atoms with Crippen LogP contribution in [0, 0.1) is 0 Å². The summed E-state index contributed by atoms with van der Waals surface area (Å²) in [7, 11) is -1.34. The summed E-state index contributed by atoms with van der Waals surface area (Å²) in [6.07, 6.45) is 0. The second kappa shape index (κ2) is 7.42. The van der Waals surface area contributed by atoms with Gasteiger partial charge in [0.2, 0.25) is 0 Å². The van der Waals surface area contributed by atoms with Crippen LogP contribution in [0.25, 0.3) is 0 Å². The SMILES string of the molecule is C1COCCO1.OB(O)c1ccccc1. The molecule has 0 amide bonds. The molecule has 5 heteroatoms. The Hall–Kier alpha value is -0.875. The molecule has 1 aliphatic heterocycles. The van der Waals surface area contributed by atoms with E-state index < -0.39 is 7.12 Å². The first-order valence-electron chi connectivity index (χ1n) is 4.87. The molecule has 1 aromatic rings. The van der Waals surface area contributed by atoms with E-state index in [4.69, 9.17) is 19.5 Å². The lowest BCUT2D eigenvalue weighted by Crippen LogP contribution is -2.29. The zero-order valence-electron chi connectivity index (χ0n) is 8.50. The average Bonchev–Trinajstić information content (AvgIpc) is 2.33. The molecule has 0 radical (unpaired) electrons. The molecule has 0 spiro atoms. The van der Waals surface area contributed by atoms with Crippen LogP contribution < -0.4 is 5.46 Å². The van der Waals surface area contributed by atoms with Gasteiger partial charge in [-0.1, -0.05) is 30.3 Å². The quantitative estimate of drug-likeness (QED) is 0.607. The normalized spacial score (nSPS) is 15.1. The van der Waals surface area contributed by atoms with Gasteiger partial charge in [-0.15, -0.1) is 0 Å². The molecular formula is C10H15BO4. The fraction of sp³-hybridized carbons (Fsp3) is 0.400. The summed E-state index contributed by atoms with van der Waals surface area (Å²) in [4.78, 5) is 0. The lowest BCUT2D eigenvalue weighted by molar-refractivity contribution is -0.0334. The van der Waals surface area contributed by atoms with E-state index in [2.05, 4.69) is 0 Å². The van der Waals surface area contributed by atoms with Gasteiger partial charge in [0.1, 0.15) is 0 Å². The third-order valence-corrected chi connectivity index (χ3v) is 1.84. The Labute approximate surface area is 89.6 Å². The van der Waals surface area contributed by atoms with Gasteiger partial charge in [-0.3, -0.25) is 0 Å². The molecule has 0 atom stereocenters. The zero-order chi connectivity index (χ0) is 10.9. The predicted molar refractivity (Wildman–Crippen MR) is 57.9 cm³/mol. The van der Waals surface area contributed by atoms with E-state index >= 15 is 0 Å². The summed E-state index contributed by atoms with van der Waals surface area (Å²) >= 11 is 0. The molecule has 0 bridgehead atoms. The van der Waals surface area contributed by atoms with Crippen molar-refractivity contribution in [2.45, 2.75) is 0 Å². The minimum Gasteiger partial charge on any atom is -0.423 e. The van der Waals surface area contributed by atoms with Crippen molar-refractivity contribution in [2.24, 2.45) is 0 Å². The lowest BCUT2D eigenvalue weighted by atomic mass is 9.81. The lowest BCUT2D eigenvalue weighted by Gasteiger charge is -2.09. The van der Waals surface area contributed by atoms with Gasteiger partial charge in [0, 0.05) is 0 Å². The number of ether oxygens (including phenoxy) is 2. The average molecular weight is 210 g/mol. The van der Waals surface area contributed by atoms with Crippen LogP contribution in [-0.2, 0) is 9.47 Å². The predicted octanol–water partition coefficient (Wildman–Crippen LogP) is -0.600. The molecule has 2 N–H and O–H groups in total. The van der Waals surface area contributed by atoms with Crippen molar-refractivity contribution in [3.8, 4) is 0 Å². The molecule has 1 heterocycles. The van der Waals surface area contributed by atoms with Crippen molar-refractivity contribution < 1.29 is 19.5 Å². The van der Waals surface area contributed by atoms with E-state index in [-0.39, 0.29) is 0 Å². The van der Waals surface area contributed by atoms with Gasteiger partial charge >= 0.3 is 7.12 Å². The molecule has 1 fully saturated rings. The first-order valence-corrected chi connectivity index (χ1v) is 4.87. The standard InChI is InChI=1S/C6H7BO2.C4H8O2/c8-7(9)6-4-2-1-3-5-6;1-2-6-4-3-5-1/h1-5,8-9H;1-4H2. The third kappa shape index (κ3) is 5.54. The molecule has 1 aliphatic rings. The molecule has 1 saturated heterocycles. The minimum absolute atomic E-state index is 0.525. The molecule has 82 valence electrons. The maximum absolute atomic E-state index is 8.58. The molecule has 0 aliphatic carbocycles. The molecule has 15 heavy (non-hydrogen) atoms. The Morgan fingerprint density at radius 2 is 1.33 bits per heavy atom. The fourth-order valence-electron chi connectivity index (χ4n) is 1.06. The van der Waals surface area contributed by atoms with E-state index in [0.717, 1.165) is 26.4 Å². The van der Waals surface area contributed by atoms with Crippen molar-refractivity contribution in [1.29, 1.82) is 0 Å². The van der Waals surface area contributed by atoms with Crippen molar-refractivity contribution in [3.63, 3.8) is 0 Å². The Kier molecular flexibility index (Phi) is 6.03. The van der Waals surface area contributed by atoms with Crippen LogP contribution in [-0.4, -0.2) is 43.6 Å². The Bertz CT molecular complexity index is 237. The molecule has 0 unspecified atom stereocenters. The second-order valence-corrected chi connectivity index (χ2v) is 3.01. The zero-order valence-corrected chi connectivity index (χ0v) is 8.50. The fourth-order valence-corrected chi connectivity index (χ4v) is 1.06. The molecule has 1 aromatic carbocycles. The van der Waals surface area contributed by atoms with E-state index in [1.54, 1.807) is 24.3 Å². The number of benzene rings is 1. The Morgan fingerprint density at radius 3 is 1.60 bits per heavy atom. The van der Waals surface area contributed by atoms with Gasteiger partial charge in [0.05, 0.1) is 26.4 Å². The van der Waals surface area contributed by atoms with Crippen LogP contribution in [0.2, 0.25) is 0 Å². The summed E-state index contributed by atoms with van der Waals surface area (Å²) < 4.78 is 9.89. The number of rotatable bonds is 1. The third-order valence-electron chi connectivity index (χ3n) is 1.84. The Balaban J connectivity index is 0.000000162. The van der Waals surface area contributed by atoms with E-state index in [1.807, 2.05) is 6.07 Å². The maximum atomic E-state index is 8.58. The summed E-state index contributed by atoms with van der Waals surface area (Å²) in [6, 6.07) is 8.66. The smallest absolute Gasteiger partial charge is 0.423 e. The molecular weight excluding hydrogens is 195 g/mol. The molecule has 0 saturated carbocycles. The Morgan fingerprint density at radius 1 is 0.867 bits per heavy atom. The van der Waals surface area contributed by atoms with Gasteiger partial charge in [-0.25, -0.2) is 0 Å². The minimum atomic E-state index is -1.34. The van der Waals surface area contributed by atoms with Crippen LogP contribution in [0.3, 0.4) is 0 Å². The summed E-state index contributed by atoms with van der Waals surface area (Å²) in [6.45, 7) is 3.11. The van der Waals surface area contributed by atoms with Gasteiger partial charge in [0.15, 0.2) is 0 Å². The van der Waals surface area contributed by atoms with Crippen LogP contribution in [0.1, 0.15) is 0 Å². The number of hydrogen-bond acceptors (Lipinski definition) is 4. The van der Waals surface area contributed by atoms with Gasteiger partial charge in [0.25, 0.3) is 0 Å². The summed E-state index contributed by atoms with van der Waals surface area (Å²) in [5.41, 5.74) is 0.525. The maximum Gasteiger partial charge on any atom is 0.488 e. The molecule has 4 nitrogen and oxygen atoms in total. The number of hydrogen-bond donors (Lipinski definition) is 2. The molecule has 2 rings (SSSR count). The first-order chi connectivity index (χ1) is 7.30. The highest BCUT2D eigenvalue weighted by Crippen LogP contribution is 1.85. The highest BCUT2D eigenvalue weighted by atomic mass is 16.6. The van der Waals surface area contributed by atoms with Crippen molar-refractivity contribution in [1.82, 2.24) is 0 Å². The molecule has 0 aromatic heterocycles. The largest absolute Gasteiger partial charge is 0.488 e. The summed E-state index contributed by atoms with van der Waals surface area (Å²) in [5, 5.41) is 17.2. The monoisotopic (exact) mass is 210 g/mol. The van der Waals surface area contributed by atoms with Gasteiger partial charge in [-0.05, 0) is 5.46 Å². The van der Waals surface area contributed by atoms with E-state index in [1.165, 1.54) is 0 Å².